The number of benzene rings is 1. The molecule has 7 nitrogen and oxygen atoms in total. The molecule has 0 aliphatic heterocycles. The first-order chi connectivity index (χ1) is 9.72. The van der Waals surface area contributed by atoms with E-state index in [0.29, 0.717) is 11.1 Å². The van der Waals surface area contributed by atoms with Gasteiger partial charge in [-0.1, -0.05) is 17.9 Å². The minimum atomic E-state index is -0.501. The monoisotopic (exact) mass is 350 g/mol. The zero-order valence-corrected chi connectivity index (χ0v) is 12.4. The third kappa shape index (κ3) is 4.85. The second-order valence-corrected chi connectivity index (χ2v) is 3.76. The Morgan fingerprint density at radius 1 is 1.23 bits per heavy atom. The van der Waals surface area contributed by atoms with Gasteiger partial charge in [0, 0.05) is 18.3 Å². The molecule has 0 amide bonds. The molecule has 119 valence electrons. The van der Waals surface area contributed by atoms with Gasteiger partial charge in [0.05, 0.1) is 13.3 Å². The van der Waals surface area contributed by atoms with Crippen LogP contribution in [0.2, 0.25) is 0 Å². The van der Waals surface area contributed by atoms with Gasteiger partial charge in [-0.15, -0.1) is 0 Å². The molecule has 0 saturated carbocycles. The summed E-state index contributed by atoms with van der Waals surface area (Å²) in [4.78, 5) is 3.80. The zero-order chi connectivity index (χ0) is 14.4. The van der Waals surface area contributed by atoms with E-state index in [1.54, 1.807) is 18.2 Å². The fraction of sp³-hybridized carbons (Fsp3) is 0.0714. The van der Waals surface area contributed by atoms with Crippen LogP contribution in [0, 0.1) is 0 Å². The number of hydrogen-bond acceptors (Lipinski definition) is 6. The SMILES string of the molecule is COc1cccc(C=N/N=C(\[O-])c2ccncc2)c1[O-].O.[Cu+2]. The summed E-state index contributed by atoms with van der Waals surface area (Å²) in [5.41, 5.74) is 0.681. The molecule has 0 fully saturated rings. The molecule has 0 atom stereocenters. The van der Waals surface area contributed by atoms with Crippen LogP contribution >= 0.6 is 0 Å². The van der Waals surface area contributed by atoms with Crippen LogP contribution in [0.25, 0.3) is 0 Å². The molecular weight excluding hydrogens is 338 g/mol. The Morgan fingerprint density at radius 2 is 1.91 bits per heavy atom. The van der Waals surface area contributed by atoms with Crippen molar-refractivity contribution in [3.05, 3.63) is 53.9 Å². The Labute approximate surface area is 137 Å². The third-order valence-electron chi connectivity index (χ3n) is 2.50. The molecular formula is C14H13CuN3O4. The molecule has 1 heterocycles. The zero-order valence-electron chi connectivity index (χ0n) is 11.5. The van der Waals surface area contributed by atoms with Crippen LogP contribution in [0.5, 0.6) is 11.5 Å². The number of rotatable bonds is 4. The summed E-state index contributed by atoms with van der Waals surface area (Å²) in [6.07, 6.45) is 4.21. The molecule has 0 saturated heterocycles. The summed E-state index contributed by atoms with van der Waals surface area (Å²) in [6, 6.07) is 7.85. The van der Waals surface area contributed by atoms with E-state index in [2.05, 4.69) is 15.2 Å². The van der Waals surface area contributed by atoms with Gasteiger partial charge in [-0.25, -0.2) is 0 Å². The normalized spacial score (nSPS) is 10.7. The minimum absolute atomic E-state index is 0. The summed E-state index contributed by atoms with van der Waals surface area (Å²) in [7, 11) is 1.41. The van der Waals surface area contributed by atoms with E-state index in [1.807, 2.05) is 0 Å². The van der Waals surface area contributed by atoms with Crippen LogP contribution in [0.1, 0.15) is 11.1 Å². The van der Waals surface area contributed by atoms with Gasteiger partial charge in [0.1, 0.15) is 5.75 Å². The fourth-order valence-electron chi connectivity index (χ4n) is 1.49. The number of pyridine rings is 1. The first kappa shape index (κ1) is 19.6. The van der Waals surface area contributed by atoms with E-state index in [4.69, 9.17) is 4.74 Å². The molecule has 0 aliphatic rings. The van der Waals surface area contributed by atoms with E-state index in [0.717, 1.165) is 0 Å². The van der Waals surface area contributed by atoms with E-state index in [1.165, 1.54) is 37.9 Å². The van der Waals surface area contributed by atoms with Gasteiger partial charge in [-0.3, -0.25) is 4.98 Å². The van der Waals surface area contributed by atoms with Gasteiger partial charge in [-0.2, -0.15) is 10.2 Å². The Morgan fingerprint density at radius 3 is 2.55 bits per heavy atom. The fourth-order valence-corrected chi connectivity index (χ4v) is 1.49. The maximum Gasteiger partial charge on any atom is 2.00 e. The van der Waals surface area contributed by atoms with Crippen molar-refractivity contribution in [2.24, 2.45) is 10.2 Å². The summed E-state index contributed by atoms with van der Waals surface area (Å²) in [6.45, 7) is 0. The summed E-state index contributed by atoms with van der Waals surface area (Å²) in [5, 5.41) is 30.6. The van der Waals surface area contributed by atoms with Crippen molar-refractivity contribution in [1.82, 2.24) is 4.98 Å². The van der Waals surface area contributed by atoms with E-state index >= 15 is 0 Å². The maximum absolute atomic E-state index is 11.8. The van der Waals surface area contributed by atoms with Crippen LogP contribution in [-0.2, 0) is 17.1 Å². The number of nitrogens with zero attached hydrogens (tertiary/aromatic N) is 3. The first-order valence-corrected chi connectivity index (χ1v) is 5.75. The van der Waals surface area contributed by atoms with Crippen molar-refractivity contribution in [1.29, 1.82) is 0 Å². The van der Waals surface area contributed by atoms with Crippen molar-refractivity contribution in [2.45, 2.75) is 0 Å². The molecule has 2 N–H and O–H groups in total. The second kappa shape index (κ2) is 9.51. The Kier molecular flexibility index (Phi) is 8.47. The molecule has 2 aromatic rings. The standard InChI is InChI=1S/C14H13N3O3.Cu.H2O/c1-20-12-4-2-3-11(13(12)18)9-16-17-14(19)10-5-7-15-8-6-10;;/h2-9,18H,1H3,(H,17,19);;1H2/q;+2;/p-2. The Balaban J connectivity index is 0.00000220. The minimum Gasteiger partial charge on any atom is -0.870 e. The first-order valence-electron chi connectivity index (χ1n) is 5.75. The van der Waals surface area contributed by atoms with Crippen molar-refractivity contribution in [3.8, 4) is 11.5 Å². The van der Waals surface area contributed by atoms with Crippen LogP contribution in [0.3, 0.4) is 0 Å². The summed E-state index contributed by atoms with van der Waals surface area (Å²) in [5.74, 6) is -0.585. The summed E-state index contributed by atoms with van der Waals surface area (Å²) < 4.78 is 4.90. The Hall–Kier alpha value is -2.41. The van der Waals surface area contributed by atoms with Crippen LogP contribution in [0.15, 0.2) is 52.9 Å². The molecule has 0 spiro atoms. The van der Waals surface area contributed by atoms with Gasteiger partial charge in [0.2, 0.25) is 0 Å². The van der Waals surface area contributed by atoms with Gasteiger partial charge in [0.25, 0.3) is 0 Å². The molecule has 1 aromatic carbocycles. The number of para-hydroxylation sites is 1. The molecule has 0 unspecified atom stereocenters. The van der Waals surface area contributed by atoms with Gasteiger partial charge < -0.3 is 20.4 Å². The largest absolute Gasteiger partial charge is 2.00 e. The van der Waals surface area contributed by atoms with E-state index < -0.39 is 5.90 Å². The van der Waals surface area contributed by atoms with Crippen LogP contribution < -0.4 is 14.9 Å². The predicted molar refractivity (Wildman–Crippen MR) is 74.4 cm³/mol. The maximum atomic E-state index is 11.8. The topological polar surface area (TPSA) is 124 Å². The molecule has 1 aromatic heterocycles. The summed E-state index contributed by atoms with van der Waals surface area (Å²) >= 11 is 0. The van der Waals surface area contributed by atoms with Gasteiger partial charge in [0.15, 0.2) is 0 Å². The molecule has 1 radical (unpaired) electrons. The van der Waals surface area contributed by atoms with Gasteiger partial charge in [-0.05, 0) is 29.3 Å². The average Bonchev–Trinajstić information content (AvgIpc) is 2.49. The number of methoxy groups -OCH3 is 1. The second-order valence-electron chi connectivity index (χ2n) is 3.76. The van der Waals surface area contributed by atoms with Crippen molar-refractivity contribution >= 4 is 12.1 Å². The molecule has 0 bridgehead atoms. The number of hydrogen-bond donors (Lipinski definition) is 0. The molecule has 0 aliphatic carbocycles. The van der Waals surface area contributed by atoms with E-state index in [-0.39, 0.29) is 34.0 Å². The predicted octanol–water partition coefficient (Wildman–Crippen LogP) is -0.522. The van der Waals surface area contributed by atoms with Crippen molar-refractivity contribution in [3.63, 3.8) is 0 Å². The molecule has 22 heavy (non-hydrogen) atoms. The Bertz CT molecular complexity index is 648. The smallest absolute Gasteiger partial charge is 0.870 e. The van der Waals surface area contributed by atoms with Crippen LogP contribution in [-0.4, -0.2) is 29.7 Å². The quantitative estimate of drug-likeness (QED) is 0.318. The molecule has 8 heteroatoms. The van der Waals surface area contributed by atoms with Crippen molar-refractivity contribution in [2.75, 3.05) is 7.11 Å². The average molecular weight is 351 g/mol. The van der Waals surface area contributed by atoms with Gasteiger partial charge >= 0.3 is 17.1 Å². The van der Waals surface area contributed by atoms with Crippen molar-refractivity contribution < 1.29 is 37.5 Å². The molecule has 2 rings (SSSR count). The number of aromatic nitrogens is 1. The van der Waals surface area contributed by atoms with E-state index in [9.17, 15) is 10.2 Å². The third-order valence-corrected chi connectivity index (χ3v) is 2.50. The van der Waals surface area contributed by atoms with Crippen LogP contribution in [0.4, 0.5) is 0 Å². The number of ether oxygens (including phenoxy) is 1.